The van der Waals surface area contributed by atoms with E-state index in [4.69, 9.17) is 4.74 Å². The van der Waals surface area contributed by atoms with Crippen LogP contribution >= 0.6 is 0 Å². The molecule has 1 N–H and O–H groups in total. The Kier molecular flexibility index (Phi) is 3.84. The lowest BCUT2D eigenvalue weighted by Gasteiger charge is -2.53. The number of carbonyl (C=O) groups excluding carboxylic acids is 2. The normalized spacial score (nSPS) is 21.4. The molecule has 2 rings (SSSR count). The third-order valence-corrected chi connectivity index (χ3v) is 4.03. The summed E-state index contributed by atoms with van der Waals surface area (Å²) in [5.41, 5.74) is -0.232. The molecule has 3 amide bonds. The number of ether oxygens (including phenoxy) is 1. The second-order valence-electron chi connectivity index (χ2n) is 6.88. The Hall–Kier alpha value is -1.46. The zero-order valence-electron chi connectivity index (χ0n) is 12.9. The van der Waals surface area contributed by atoms with Crippen molar-refractivity contribution in [3.63, 3.8) is 0 Å². The fraction of sp³-hybridized carbons (Fsp3) is 0.857. The second-order valence-corrected chi connectivity index (χ2v) is 6.88. The summed E-state index contributed by atoms with van der Waals surface area (Å²) in [6.45, 7) is 8.67. The summed E-state index contributed by atoms with van der Waals surface area (Å²) in [6, 6.07) is -0.00908. The highest BCUT2D eigenvalue weighted by Crippen LogP contribution is 2.40. The van der Waals surface area contributed by atoms with Crippen molar-refractivity contribution >= 4 is 12.1 Å². The molecule has 6 heteroatoms. The Morgan fingerprint density at radius 3 is 2.10 bits per heavy atom. The predicted octanol–water partition coefficient (Wildman–Crippen LogP) is 1.66. The van der Waals surface area contributed by atoms with Gasteiger partial charge in [0.25, 0.3) is 0 Å². The van der Waals surface area contributed by atoms with Crippen molar-refractivity contribution in [2.75, 3.05) is 33.2 Å². The van der Waals surface area contributed by atoms with Gasteiger partial charge in [-0.05, 0) is 33.6 Å². The molecule has 2 aliphatic heterocycles. The van der Waals surface area contributed by atoms with Gasteiger partial charge in [-0.25, -0.2) is 9.59 Å². The molecular formula is C14H25N3O3. The van der Waals surface area contributed by atoms with E-state index >= 15 is 0 Å². The number of amides is 3. The number of hydrogen-bond acceptors (Lipinski definition) is 3. The molecule has 0 aromatic carbocycles. The van der Waals surface area contributed by atoms with Crippen molar-refractivity contribution < 1.29 is 14.3 Å². The van der Waals surface area contributed by atoms with Crippen LogP contribution in [-0.2, 0) is 4.74 Å². The number of urea groups is 1. The van der Waals surface area contributed by atoms with Gasteiger partial charge in [-0.2, -0.15) is 0 Å². The van der Waals surface area contributed by atoms with Crippen molar-refractivity contribution in [3.8, 4) is 0 Å². The van der Waals surface area contributed by atoms with Crippen LogP contribution in [0.5, 0.6) is 0 Å². The standard InChI is InChI=1S/C14H25N3O3/c1-13(2,3)20-12(19)16-7-5-14(6-8-16)9-17(10-14)11(18)15-4/h5-10H2,1-4H3,(H,15,18). The summed E-state index contributed by atoms with van der Waals surface area (Å²) in [4.78, 5) is 27.1. The van der Waals surface area contributed by atoms with Crippen molar-refractivity contribution in [3.05, 3.63) is 0 Å². The molecular weight excluding hydrogens is 258 g/mol. The average molecular weight is 283 g/mol. The Bertz CT molecular complexity index is 387. The van der Waals surface area contributed by atoms with Crippen LogP contribution in [0.25, 0.3) is 0 Å². The summed E-state index contributed by atoms with van der Waals surface area (Å²) in [7, 11) is 1.65. The van der Waals surface area contributed by atoms with Gasteiger partial charge in [0.05, 0.1) is 0 Å². The lowest BCUT2D eigenvalue weighted by molar-refractivity contribution is -0.0319. The third kappa shape index (κ3) is 3.16. The van der Waals surface area contributed by atoms with Gasteiger partial charge in [0.2, 0.25) is 0 Å². The van der Waals surface area contributed by atoms with Gasteiger partial charge in [-0.15, -0.1) is 0 Å². The Morgan fingerprint density at radius 1 is 1.10 bits per heavy atom. The lowest BCUT2D eigenvalue weighted by Crippen LogP contribution is -2.63. The molecule has 2 fully saturated rings. The summed E-state index contributed by atoms with van der Waals surface area (Å²) in [5, 5.41) is 2.64. The summed E-state index contributed by atoms with van der Waals surface area (Å²) < 4.78 is 5.39. The van der Waals surface area contributed by atoms with Crippen LogP contribution in [0.4, 0.5) is 9.59 Å². The highest BCUT2D eigenvalue weighted by Gasteiger charge is 2.47. The molecule has 0 aromatic heterocycles. The molecule has 0 unspecified atom stereocenters. The van der Waals surface area contributed by atoms with E-state index in [1.165, 1.54) is 0 Å². The van der Waals surface area contributed by atoms with Crippen LogP contribution in [0.1, 0.15) is 33.6 Å². The minimum atomic E-state index is -0.446. The smallest absolute Gasteiger partial charge is 0.410 e. The predicted molar refractivity (Wildman–Crippen MR) is 75.5 cm³/mol. The van der Waals surface area contributed by atoms with Gasteiger partial charge < -0.3 is 19.9 Å². The maximum absolute atomic E-state index is 12.0. The molecule has 2 heterocycles. The maximum atomic E-state index is 12.0. The molecule has 2 aliphatic rings. The van der Waals surface area contributed by atoms with Crippen molar-refractivity contribution in [1.82, 2.24) is 15.1 Å². The van der Waals surface area contributed by atoms with Gasteiger partial charge in [-0.1, -0.05) is 0 Å². The Labute approximate surface area is 120 Å². The minimum Gasteiger partial charge on any atom is -0.444 e. The average Bonchev–Trinajstić information content (AvgIpc) is 2.33. The van der Waals surface area contributed by atoms with Crippen LogP contribution in [0, 0.1) is 5.41 Å². The van der Waals surface area contributed by atoms with Crippen LogP contribution in [-0.4, -0.2) is 60.8 Å². The molecule has 6 nitrogen and oxygen atoms in total. The maximum Gasteiger partial charge on any atom is 0.410 e. The lowest BCUT2D eigenvalue weighted by atomic mass is 9.72. The van der Waals surface area contributed by atoms with Crippen LogP contribution in [0.3, 0.4) is 0 Å². The van der Waals surface area contributed by atoms with E-state index in [1.807, 2.05) is 25.7 Å². The number of rotatable bonds is 0. The fourth-order valence-electron chi connectivity index (χ4n) is 2.87. The molecule has 0 radical (unpaired) electrons. The number of nitrogens with one attached hydrogen (secondary N) is 1. The van der Waals surface area contributed by atoms with Crippen molar-refractivity contribution in [1.29, 1.82) is 0 Å². The number of nitrogens with zero attached hydrogens (tertiary/aromatic N) is 2. The van der Waals surface area contributed by atoms with Crippen molar-refractivity contribution in [2.45, 2.75) is 39.2 Å². The van der Waals surface area contributed by atoms with Gasteiger partial charge in [0.1, 0.15) is 5.60 Å². The highest BCUT2D eigenvalue weighted by atomic mass is 16.6. The Balaban J connectivity index is 1.79. The van der Waals surface area contributed by atoms with E-state index in [-0.39, 0.29) is 17.5 Å². The third-order valence-electron chi connectivity index (χ3n) is 4.03. The summed E-state index contributed by atoms with van der Waals surface area (Å²) in [6.07, 6.45) is 1.66. The largest absolute Gasteiger partial charge is 0.444 e. The SMILES string of the molecule is CNC(=O)N1CC2(CCN(C(=O)OC(C)(C)C)CC2)C1. The number of carbonyl (C=O) groups is 2. The minimum absolute atomic E-state index is 0.00908. The van der Waals surface area contributed by atoms with Gasteiger partial charge in [0.15, 0.2) is 0 Å². The quantitative estimate of drug-likeness (QED) is 0.735. The van der Waals surface area contributed by atoms with E-state index in [0.717, 1.165) is 39.0 Å². The van der Waals surface area contributed by atoms with E-state index in [9.17, 15) is 9.59 Å². The summed E-state index contributed by atoms with van der Waals surface area (Å²) in [5.74, 6) is 0. The van der Waals surface area contributed by atoms with E-state index in [2.05, 4.69) is 5.32 Å². The topological polar surface area (TPSA) is 61.9 Å². The zero-order chi connectivity index (χ0) is 15.0. The Morgan fingerprint density at radius 2 is 1.65 bits per heavy atom. The molecule has 20 heavy (non-hydrogen) atoms. The number of hydrogen-bond donors (Lipinski definition) is 1. The van der Waals surface area contributed by atoms with Gasteiger partial charge >= 0.3 is 12.1 Å². The van der Waals surface area contributed by atoms with Crippen LogP contribution < -0.4 is 5.32 Å². The fourth-order valence-corrected chi connectivity index (χ4v) is 2.87. The second kappa shape index (κ2) is 5.14. The molecule has 0 bridgehead atoms. The molecule has 0 aliphatic carbocycles. The molecule has 114 valence electrons. The molecule has 2 saturated heterocycles. The number of piperidine rings is 1. The van der Waals surface area contributed by atoms with Gasteiger partial charge in [-0.3, -0.25) is 0 Å². The summed E-state index contributed by atoms with van der Waals surface area (Å²) >= 11 is 0. The van der Waals surface area contributed by atoms with Crippen LogP contribution in [0.15, 0.2) is 0 Å². The molecule has 0 aromatic rings. The monoisotopic (exact) mass is 283 g/mol. The number of likely N-dealkylation sites (tertiary alicyclic amines) is 2. The van der Waals surface area contributed by atoms with E-state index < -0.39 is 5.60 Å². The van der Waals surface area contributed by atoms with E-state index in [1.54, 1.807) is 11.9 Å². The first kappa shape index (κ1) is 14.9. The molecule has 1 spiro atoms. The highest BCUT2D eigenvalue weighted by molar-refractivity contribution is 5.75. The van der Waals surface area contributed by atoms with Crippen LogP contribution in [0.2, 0.25) is 0 Å². The molecule has 0 atom stereocenters. The van der Waals surface area contributed by atoms with Crippen molar-refractivity contribution in [2.24, 2.45) is 5.41 Å². The zero-order valence-corrected chi connectivity index (χ0v) is 12.9. The first-order valence-corrected chi connectivity index (χ1v) is 7.19. The van der Waals surface area contributed by atoms with E-state index in [0.29, 0.717) is 0 Å². The molecule has 0 saturated carbocycles. The first-order chi connectivity index (χ1) is 9.25. The van der Waals surface area contributed by atoms with Gasteiger partial charge in [0, 0.05) is 38.6 Å². The first-order valence-electron chi connectivity index (χ1n) is 7.19.